The Balaban J connectivity index is 1.59. The first-order chi connectivity index (χ1) is 15.5. The number of carbonyl (C=O) groups excluding carboxylic acids is 2. The van der Waals surface area contributed by atoms with Crippen molar-refractivity contribution in [2.75, 3.05) is 37.7 Å². The Kier molecular flexibility index (Phi) is 6.30. The van der Waals surface area contributed by atoms with E-state index in [9.17, 15) is 9.59 Å². The summed E-state index contributed by atoms with van der Waals surface area (Å²) < 4.78 is 7.33. The van der Waals surface area contributed by atoms with Gasteiger partial charge in [0.05, 0.1) is 12.1 Å². The van der Waals surface area contributed by atoms with E-state index >= 15 is 0 Å². The van der Waals surface area contributed by atoms with Gasteiger partial charge in [-0.3, -0.25) is 19.1 Å². The van der Waals surface area contributed by atoms with Crippen LogP contribution in [-0.2, 0) is 4.79 Å². The molecule has 0 bridgehead atoms. The number of ether oxygens (including phenoxy) is 1. The number of fused-ring (bicyclic) bond motifs is 1. The van der Waals surface area contributed by atoms with Crippen molar-refractivity contribution in [2.45, 2.75) is 40.0 Å². The van der Waals surface area contributed by atoms with E-state index in [1.54, 1.807) is 18.5 Å². The van der Waals surface area contributed by atoms with Gasteiger partial charge in [-0.15, -0.1) is 0 Å². The van der Waals surface area contributed by atoms with Crippen LogP contribution in [0.4, 0.5) is 11.5 Å². The van der Waals surface area contributed by atoms with Gasteiger partial charge in [-0.25, -0.2) is 4.98 Å². The van der Waals surface area contributed by atoms with Gasteiger partial charge < -0.3 is 14.5 Å². The molecule has 2 aliphatic rings. The van der Waals surface area contributed by atoms with Gasteiger partial charge in [0.25, 0.3) is 5.91 Å². The van der Waals surface area contributed by atoms with Crippen molar-refractivity contribution in [3.63, 3.8) is 0 Å². The summed E-state index contributed by atoms with van der Waals surface area (Å²) in [6.45, 7) is 9.80. The summed E-state index contributed by atoms with van der Waals surface area (Å²) in [5.74, 6) is 1.26. The molecule has 8 heteroatoms. The number of anilines is 2. The highest BCUT2D eigenvalue weighted by Gasteiger charge is 2.40. The summed E-state index contributed by atoms with van der Waals surface area (Å²) in [7, 11) is 0. The zero-order chi connectivity index (χ0) is 22.7. The van der Waals surface area contributed by atoms with E-state index in [1.165, 1.54) is 4.57 Å². The Morgan fingerprint density at radius 2 is 2.12 bits per heavy atom. The fourth-order valence-corrected chi connectivity index (χ4v) is 4.12. The molecule has 4 rings (SSSR count). The van der Waals surface area contributed by atoms with Gasteiger partial charge in [0, 0.05) is 49.2 Å². The Morgan fingerprint density at radius 1 is 1.31 bits per heavy atom. The van der Waals surface area contributed by atoms with Gasteiger partial charge in [-0.05, 0) is 25.0 Å². The van der Waals surface area contributed by atoms with Crippen LogP contribution >= 0.6 is 0 Å². The van der Waals surface area contributed by atoms with E-state index < -0.39 is 0 Å². The highest BCUT2D eigenvalue weighted by molar-refractivity contribution is 5.95. The lowest BCUT2D eigenvalue weighted by Gasteiger charge is -2.47. The average molecular weight is 438 g/mol. The van der Waals surface area contributed by atoms with Gasteiger partial charge in [-0.2, -0.15) is 0 Å². The van der Waals surface area contributed by atoms with E-state index in [0.717, 1.165) is 44.4 Å². The summed E-state index contributed by atoms with van der Waals surface area (Å²) in [5, 5.41) is 0. The Labute approximate surface area is 188 Å². The molecule has 1 saturated heterocycles. The molecule has 2 aromatic rings. The van der Waals surface area contributed by atoms with Gasteiger partial charge in [0.2, 0.25) is 6.41 Å². The van der Waals surface area contributed by atoms with Crippen LogP contribution in [0.15, 0.2) is 35.6 Å². The molecule has 0 N–H and O–H groups in total. The van der Waals surface area contributed by atoms with Crippen molar-refractivity contribution in [2.24, 2.45) is 10.4 Å². The maximum absolute atomic E-state index is 12.9. The minimum absolute atomic E-state index is 0.00399. The number of rotatable bonds is 7. The molecule has 32 heavy (non-hydrogen) atoms. The van der Waals surface area contributed by atoms with Crippen molar-refractivity contribution in [1.82, 2.24) is 14.5 Å². The van der Waals surface area contributed by atoms with Gasteiger partial charge in [0.1, 0.15) is 12.1 Å². The fourth-order valence-electron chi connectivity index (χ4n) is 4.12. The van der Waals surface area contributed by atoms with Gasteiger partial charge >= 0.3 is 0 Å². The van der Waals surface area contributed by atoms with E-state index in [2.05, 4.69) is 30.7 Å². The van der Waals surface area contributed by atoms with E-state index in [1.807, 2.05) is 21.9 Å². The molecule has 170 valence electrons. The third-order valence-electron chi connectivity index (χ3n) is 6.35. The monoisotopic (exact) mass is 437 g/mol. The van der Waals surface area contributed by atoms with Crippen LogP contribution in [0.3, 0.4) is 0 Å². The SMILES string of the molecule is CCCCN=c1cc(N2CCOc3cc(C(=O)N4CC(C)(CC)C4)cnc32)ccn1C=O. The van der Waals surface area contributed by atoms with E-state index in [0.29, 0.717) is 42.3 Å². The van der Waals surface area contributed by atoms with Crippen LogP contribution in [-0.4, -0.2) is 59.6 Å². The van der Waals surface area contributed by atoms with Crippen LogP contribution < -0.4 is 15.1 Å². The lowest BCUT2D eigenvalue weighted by atomic mass is 9.79. The molecular formula is C24H31N5O3. The predicted molar refractivity (Wildman–Crippen MR) is 123 cm³/mol. The maximum atomic E-state index is 12.9. The largest absolute Gasteiger partial charge is 0.488 e. The Hall–Kier alpha value is -3.16. The third-order valence-corrected chi connectivity index (χ3v) is 6.35. The van der Waals surface area contributed by atoms with Crippen LogP contribution in [0.2, 0.25) is 0 Å². The predicted octanol–water partition coefficient (Wildman–Crippen LogP) is 3.02. The highest BCUT2D eigenvalue weighted by atomic mass is 16.5. The molecular weight excluding hydrogens is 406 g/mol. The molecule has 2 aromatic heterocycles. The molecule has 1 fully saturated rings. The summed E-state index contributed by atoms with van der Waals surface area (Å²) in [5.41, 5.74) is 2.26. The van der Waals surface area contributed by atoms with Crippen molar-refractivity contribution < 1.29 is 14.3 Å². The normalized spacial score (nSPS) is 17.4. The number of unbranched alkanes of at least 4 members (excludes halogenated alkanes) is 1. The topological polar surface area (TPSA) is 80.0 Å². The second-order valence-corrected chi connectivity index (χ2v) is 8.86. The average Bonchev–Trinajstić information content (AvgIpc) is 2.81. The molecule has 0 saturated carbocycles. The first-order valence-electron chi connectivity index (χ1n) is 11.4. The molecule has 0 aromatic carbocycles. The van der Waals surface area contributed by atoms with Crippen molar-refractivity contribution in [1.29, 1.82) is 0 Å². The van der Waals surface area contributed by atoms with E-state index in [-0.39, 0.29) is 11.3 Å². The maximum Gasteiger partial charge on any atom is 0.255 e. The van der Waals surface area contributed by atoms with Crippen LogP contribution in [0.25, 0.3) is 0 Å². The van der Waals surface area contributed by atoms with Crippen LogP contribution in [0.1, 0.15) is 50.4 Å². The number of carbonyl (C=O) groups is 2. The van der Waals surface area contributed by atoms with Crippen molar-refractivity contribution >= 4 is 23.8 Å². The number of amides is 1. The van der Waals surface area contributed by atoms with E-state index in [4.69, 9.17) is 4.74 Å². The second kappa shape index (κ2) is 9.14. The summed E-state index contributed by atoms with van der Waals surface area (Å²) in [6, 6.07) is 5.56. The number of hydrogen-bond acceptors (Lipinski definition) is 6. The molecule has 0 unspecified atom stereocenters. The Bertz CT molecular complexity index is 1070. The van der Waals surface area contributed by atoms with Crippen LogP contribution in [0.5, 0.6) is 5.75 Å². The third kappa shape index (κ3) is 4.26. The molecule has 0 radical (unpaired) electrons. The molecule has 0 aliphatic carbocycles. The van der Waals surface area contributed by atoms with Gasteiger partial charge in [-0.1, -0.05) is 27.2 Å². The number of pyridine rings is 2. The van der Waals surface area contributed by atoms with Crippen LogP contribution in [0, 0.1) is 5.41 Å². The highest BCUT2D eigenvalue weighted by Crippen LogP contribution is 2.37. The quantitative estimate of drug-likeness (QED) is 0.491. The first kappa shape index (κ1) is 22.0. The molecule has 0 atom stereocenters. The molecule has 2 aliphatic heterocycles. The lowest BCUT2D eigenvalue weighted by Crippen LogP contribution is -2.56. The fraction of sp³-hybridized carbons (Fsp3) is 0.500. The molecule has 4 heterocycles. The number of likely N-dealkylation sites (tertiary alicyclic amines) is 1. The number of aromatic nitrogens is 2. The second-order valence-electron chi connectivity index (χ2n) is 8.86. The standard InChI is InChI=1S/C24H31N5O3/c1-4-6-8-25-21-13-19(7-9-27(21)17-30)29-10-11-32-20-12-18(14-26-22(20)29)23(31)28-15-24(3,5-2)16-28/h7,9,12-14,17H,4-6,8,10-11,15-16H2,1-3H3. The van der Waals surface area contributed by atoms with Crippen molar-refractivity contribution in [3.05, 3.63) is 41.6 Å². The first-order valence-corrected chi connectivity index (χ1v) is 11.4. The molecule has 8 nitrogen and oxygen atoms in total. The zero-order valence-corrected chi connectivity index (χ0v) is 19.1. The smallest absolute Gasteiger partial charge is 0.255 e. The zero-order valence-electron chi connectivity index (χ0n) is 19.1. The summed E-state index contributed by atoms with van der Waals surface area (Å²) in [4.78, 5) is 37.4. The van der Waals surface area contributed by atoms with Gasteiger partial charge in [0.15, 0.2) is 11.6 Å². The van der Waals surface area contributed by atoms with Crippen molar-refractivity contribution in [3.8, 4) is 5.75 Å². The lowest BCUT2D eigenvalue weighted by molar-refractivity contribution is 0.0133. The number of nitrogens with zero attached hydrogens (tertiary/aromatic N) is 5. The summed E-state index contributed by atoms with van der Waals surface area (Å²) in [6.07, 6.45) is 7.18. The number of hydrogen-bond donors (Lipinski definition) is 0. The molecule has 0 spiro atoms. The Morgan fingerprint density at radius 3 is 2.84 bits per heavy atom. The minimum atomic E-state index is -0.00399. The minimum Gasteiger partial charge on any atom is -0.488 e. The summed E-state index contributed by atoms with van der Waals surface area (Å²) >= 11 is 0. The molecule has 1 amide bonds.